The maximum absolute atomic E-state index is 13.0. The van der Waals surface area contributed by atoms with Crippen LogP contribution in [0.15, 0.2) is 45.8 Å². The van der Waals surface area contributed by atoms with Crippen LogP contribution in [0, 0.1) is 27.7 Å². The van der Waals surface area contributed by atoms with Gasteiger partial charge in [0.25, 0.3) is 5.91 Å². The number of benzene rings is 1. The van der Waals surface area contributed by atoms with Crippen molar-refractivity contribution < 1.29 is 17.7 Å². The topological polar surface area (TPSA) is 88.7 Å². The molecule has 3 aromatic rings. The first-order valence-corrected chi connectivity index (χ1v) is 11.6. The van der Waals surface area contributed by atoms with Crippen LogP contribution in [0.1, 0.15) is 33.2 Å². The zero-order valence-corrected chi connectivity index (χ0v) is 18.9. The quantitative estimate of drug-likeness (QED) is 0.620. The molecule has 8 nitrogen and oxygen atoms in total. The molecule has 0 aliphatic carbocycles. The van der Waals surface area contributed by atoms with E-state index in [1.807, 2.05) is 38.1 Å². The first kappa shape index (κ1) is 21.3. The number of rotatable bonds is 4. The molecule has 0 radical (unpaired) electrons. The van der Waals surface area contributed by atoms with E-state index >= 15 is 0 Å². The van der Waals surface area contributed by atoms with Crippen molar-refractivity contribution in [2.45, 2.75) is 32.6 Å². The number of hydrogen-bond acceptors (Lipinski definition) is 5. The van der Waals surface area contributed by atoms with Crippen LogP contribution in [0.4, 0.5) is 0 Å². The van der Waals surface area contributed by atoms with Crippen molar-refractivity contribution in [1.29, 1.82) is 0 Å². The second-order valence-corrected chi connectivity index (χ2v) is 9.72. The molecule has 1 fully saturated rings. The lowest BCUT2D eigenvalue weighted by Gasteiger charge is -2.34. The minimum atomic E-state index is -3.70. The summed E-state index contributed by atoms with van der Waals surface area (Å²) in [7, 11) is -3.70. The normalized spacial score (nSPS) is 15.4. The number of sulfonamides is 1. The van der Waals surface area contributed by atoms with Crippen LogP contribution < -0.4 is 0 Å². The van der Waals surface area contributed by atoms with Crippen LogP contribution in [0.2, 0.25) is 0 Å². The van der Waals surface area contributed by atoms with Gasteiger partial charge in [-0.05, 0) is 64.1 Å². The molecule has 164 valence electrons. The van der Waals surface area contributed by atoms with Gasteiger partial charge in [0.05, 0.1) is 0 Å². The minimum absolute atomic E-state index is 0.0955. The molecule has 0 bridgehead atoms. The predicted molar refractivity (Wildman–Crippen MR) is 116 cm³/mol. The Balaban J connectivity index is 1.45. The molecule has 0 saturated carbocycles. The molecule has 0 unspecified atom stereocenters. The molecule has 0 atom stereocenters. The summed E-state index contributed by atoms with van der Waals surface area (Å²) in [6.07, 6.45) is 0. The van der Waals surface area contributed by atoms with Gasteiger partial charge in [-0.25, -0.2) is 8.42 Å². The maximum Gasteiger partial charge on any atom is 0.253 e. The van der Waals surface area contributed by atoms with Crippen molar-refractivity contribution >= 4 is 15.9 Å². The van der Waals surface area contributed by atoms with Crippen LogP contribution in [0.5, 0.6) is 0 Å². The molecule has 1 amide bonds. The van der Waals surface area contributed by atoms with Crippen LogP contribution in [0.25, 0.3) is 5.69 Å². The number of aryl methyl sites for hydroxylation is 4. The van der Waals surface area contributed by atoms with Gasteiger partial charge in [-0.1, -0.05) is 5.16 Å². The molecule has 1 aliphatic heterocycles. The number of amides is 1. The van der Waals surface area contributed by atoms with Gasteiger partial charge in [0, 0.05) is 48.8 Å². The third kappa shape index (κ3) is 3.79. The molecule has 1 saturated heterocycles. The van der Waals surface area contributed by atoms with Crippen LogP contribution in [-0.2, 0) is 10.0 Å². The van der Waals surface area contributed by atoms with Gasteiger partial charge in [-0.3, -0.25) is 4.79 Å². The Kier molecular flexibility index (Phi) is 5.49. The summed E-state index contributed by atoms with van der Waals surface area (Å²) >= 11 is 0. The highest BCUT2D eigenvalue weighted by Gasteiger charge is 2.34. The van der Waals surface area contributed by atoms with E-state index in [1.54, 1.807) is 18.7 Å². The van der Waals surface area contributed by atoms with Crippen molar-refractivity contribution in [3.05, 3.63) is 64.8 Å². The Morgan fingerprint density at radius 1 is 0.903 bits per heavy atom. The number of aromatic nitrogens is 2. The largest absolute Gasteiger partial charge is 0.360 e. The third-order valence-corrected chi connectivity index (χ3v) is 7.88. The fourth-order valence-corrected chi connectivity index (χ4v) is 5.83. The van der Waals surface area contributed by atoms with Gasteiger partial charge in [-0.15, -0.1) is 0 Å². The molecule has 0 spiro atoms. The predicted octanol–water partition coefficient (Wildman–Crippen LogP) is 2.85. The van der Waals surface area contributed by atoms with Crippen molar-refractivity contribution in [2.75, 3.05) is 26.2 Å². The van der Waals surface area contributed by atoms with E-state index in [0.29, 0.717) is 24.3 Å². The van der Waals surface area contributed by atoms with Gasteiger partial charge >= 0.3 is 0 Å². The van der Waals surface area contributed by atoms with E-state index in [1.165, 1.54) is 4.31 Å². The molecule has 2 aromatic heterocycles. The fraction of sp³-hybridized carbons (Fsp3) is 0.364. The maximum atomic E-state index is 13.0. The van der Waals surface area contributed by atoms with Crippen molar-refractivity contribution in [2.24, 2.45) is 0 Å². The van der Waals surface area contributed by atoms with E-state index in [-0.39, 0.29) is 29.7 Å². The highest BCUT2D eigenvalue weighted by Crippen LogP contribution is 2.25. The molecular weight excluding hydrogens is 416 g/mol. The molecule has 31 heavy (non-hydrogen) atoms. The molecule has 1 aliphatic rings. The van der Waals surface area contributed by atoms with Crippen molar-refractivity contribution in [3.8, 4) is 5.69 Å². The van der Waals surface area contributed by atoms with Crippen LogP contribution >= 0.6 is 0 Å². The third-order valence-electron chi connectivity index (χ3n) is 5.74. The summed E-state index contributed by atoms with van der Waals surface area (Å²) in [5, 5.41) is 3.75. The summed E-state index contributed by atoms with van der Waals surface area (Å²) in [6, 6.07) is 11.6. The van der Waals surface area contributed by atoms with Gasteiger partial charge in [-0.2, -0.15) is 4.31 Å². The summed E-state index contributed by atoms with van der Waals surface area (Å²) in [5.74, 6) is 0.186. The fourth-order valence-electron chi connectivity index (χ4n) is 4.11. The van der Waals surface area contributed by atoms with E-state index in [4.69, 9.17) is 4.52 Å². The van der Waals surface area contributed by atoms with E-state index in [2.05, 4.69) is 21.9 Å². The Morgan fingerprint density at radius 2 is 1.48 bits per heavy atom. The lowest BCUT2D eigenvalue weighted by molar-refractivity contribution is 0.0698. The van der Waals surface area contributed by atoms with Crippen molar-refractivity contribution in [3.63, 3.8) is 0 Å². The number of carbonyl (C=O) groups excluding carboxylic acids is 1. The summed E-state index contributed by atoms with van der Waals surface area (Å²) in [6.45, 7) is 8.43. The monoisotopic (exact) mass is 442 g/mol. The molecule has 3 heterocycles. The second-order valence-electron chi connectivity index (χ2n) is 7.85. The van der Waals surface area contributed by atoms with Crippen LogP contribution in [-0.4, -0.2) is 59.4 Å². The molecule has 1 aromatic carbocycles. The van der Waals surface area contributed by atoms with Gasteiger partial charge in [0.2, 0.25) is 10.0 Å². The summed E-state index contributed by atoms with van der Waals surface area (Å²) in [5.41, 5.74) is 4.21. The van der Waals surface area contributed by atoms with E-state index in [9.17, 15) is 13.2 Å². The average molecular weight is 443 g/mol. The van der Waals surface area contributed by atoms with Gasteiger partial charge in [0.15, 0.2) is 5.76 Å². The Bertz CT molecular complexity index is 1180. The highest BCUT2D eigenvalue weighted by atomic mass is 32.2. The molecule has 0 N–H and O–H groups in total. The molecular formula is C22H26N4O4S. The Labute approximate surface area is 182 Å². The van der Waals surface area contributed by atoms with Gasteiger partial charge in [0.1, 0.15) is 10.6 Å². The summed E-state index contributed by atoms with van der Waals surface area (Å²) in [4.78, 5) is 14.8. The van der Waals surface area contributed by atoms with E-state index in [0.717, 1.165) is 17.1 Å². The minimum Gasteiger partial charge on any atom is -0.360 e. The smallest absolute Gasteiger partial charge is 0.253 e. The van der Waals surface area contributed by atoms with Crippen molar-refractivity contribution in [1.82, 2.24) is 18.9 Å². The standard InChI is InChI=1S/C22H26N4O4S/c1-15-5-6-16(2)26(15)20-9-7-19(8-10-20)22(27)24-11-13-25(14-12-24)31(28,29)21-17(3)23-30-18(21)4/h5-10H,11-14H2,1-4H3. The van der Waals surface area contributed by atoms with Gasteiger partial charge < -0.3 is 14.0 Å². The molecule has 9 heteroatoms. The summed E-state index contributed by atoms with van der Waals surface area (Å²) < 4.78 is 34.5. The first-order chi connectivity index (χ1) is 14.7. The Morgan fingerprint density at radius 3 is 2.00 bits per heavy atom. The zero-order chi connectivity index (χ0) is 22.3. The number of carbonyl (C=O) groups is 1. The zero-order valence-electron chi connectivity index (χ0n) is 18.1. The first-order valence-electron chi connectivity index (χ1n) is 10.2. The number of hydrogen-bond donors (Lipinski definition) is 0. The Hall–Kier alpha value is -2.91. The average Bonchev–Trinajstić information content (AvgIpc) is 3.28. The van der Waals surface area contributed by atoms with Crippen LogP contribution in [0.3, 0.4) is 0 Å². The number of nitrogens with zero attached hydrogens (tertiary/aromatic N) is 4. The van der Waals surface area contributed by atoms with E-state index < -0.39 is 10.0 Å². The second kappa shape index (κ2) is 7.97. The highest BCUT2D eigenvalue weighted by molar-refractivity contribution is 7.89. The SMILES string of the molecule is Cc1noc(C)c1S(=O)(=O)N1CCN(C(=O)c2ccc(-n3c(C)ccc3C)cc2)CC1. The lowest BCUT2D eigenvalue weighted by atomic mass is 10.1. The number of piperazine rings is 1. The lowest BCUT2D eigenvalue weighted by Crippen LogP contribution is -2.50. The molecule has 4 rings (SSSR count).